The van der Waals surface area contributed by atoms with E-state index in [0.29, 0.717) is 18.7 Å². The maximum atomic E-state index is 12.1. The zero-order valence-corrected chi connectivity index (χ0v) is 17.3. The van der Waals surface area contributed by atoms with E-state index in [1.807, 2.05) is 43.3 Å². The smallest absolute Gasteiger partial charge is 0.319 e. The third-order valence-corrected chi connectivity index (χ3v) is 5.34. The first-order chi connectivity index (χ1) is 13.9. The summed E-state index contributed by atoms with van der Waals surface area (Å²) in [7, 11) is 3.82. The summed E-state index contributed by atoms with van der Waals surface area (Å²) in [6.45, 7) is 3.01. The number of nitrogens with zero attached hydrogens (tertiary/aromatic N) is 3. The first-order valence-electron chi connectivity index (χ1n) is 10.1. The Bertz CT molecular complexity index is 789. The number of pyridine rings is 1. The van der Waals surface area contributed by atoms with Crippen molar-refractivity contribution in [3.63, 3.8) is 0 Å². The summed E-state index contributed by atoms with van der Waals surface area (Å²) in [6, 6.07) is 13.5. The van der Waals surface area contributed by atoms with Crippen molar-refractivity contribution < 1.29 is 9.90 Å². The zero-order valence-electron chi connectivity index (χ0n) is 17.3. The maximum Gasteiger partial charge on any atom is 0.319 e. The summed E-state index contributed by atoms with van der Waals surface area (Å²) >= 11 is 0. The van der Waals surface area contributed by atoms with Gasteiger partial charge in [0.25, 0.3) is 0 Å². The number of carbonyl (C=O) groups excluding carboxylic acids is 1. The number of aromatic nitrogens is 1. The van der Waals surface area contributed by atoms with Gasteiger partial charge in [-0.3, -0.25) is 0 Å². The van der Waals surface area contributed by atoms with Gasteiger partial charge < -0.3 is 25.5 Å². The topological polar surface area (TPSA) is 80.7 Å². The lowest BCUT2D eigenvalue weighted by Crippen LogP contribution is -2.47. The minimum absolute atomic E-state index is 0.224. The van der Waals surface area contributed by atoms with Gasteiger partial charge in [0.15, 0.2) is 0 Å². The summed E-state index contributed by atoms with van der Waals surface area (Å²) in [5.41, 5.74) is 1.26. The van der Waals surface area contributed by atoms with E-state index in [-0.39, 0.29) is 6.03 Å². The largest absolute Gasteiger partial charge is 0.389 e. The highest BCUT2D eigenvalue weighted by atomic mass is 16.3. The Morgan fingerprint density at radius 3 is 2.62 bits per heavy atom. The lowest BCUT2D eigenvalue weighted by Gasteiger charge is -2.38. The van der Waals surface area contributed by atoms with Crippen LogP contribution < -0.4 is 15.5 Å². The van der Waals surface area contributed by atoms with Crippen molar-refractivity contribution in [3.8, 4) is 0 Å². The van der Waals surface area contributed by atoms with Gasteiger partial charge in [-0.2, -0.15) is 0 Å². The van der Waals surface area contributed by atoms with Crippen LogP contribution in [0.4, 0.5) is 16.3 Å². The second-order valence-electron chi connectivity index (χ2n) is 7.91. The van der Waals surface area contributed by atoms with Crippen molar-refractivity contribution >= 4 is 17.5 Å². The van der Waals surface area contributed by atoms with Crippen LogP contribution in [0.25, 0.3) is 0 Å². The first kappa shape index (κ1) is 21.1. The number of benzene rings is 1. The third-order valence-electron chi connectivity index (χ3n) is 5.34. The summed E-state index contributed by atoms with van der Waals surface area (Å²) in [6.07, 6.45) is 3.87. The van der Waals surface area contributed by atoms with Crippen LogP contribution in [0.3, 0.4) is 0 Å². The molecule has 1 aliphatic rings. The molecule has 1 fully saturated rings. The van der Waals surface area contributed by atoms with Crippen LogP contribution in [0.1, 0.15) is 18.4 Å². The standard InChI is InChI=1S/C22H31N5O2/c1-26(2)20-16-19(8-11-23-20)25-21(28)24-12-15-27-13-9-22(29,10-14-27)17-18-6-4-3-5-7-18/h3-8,11,16,29H,9-10,12-15,17H2,1-2H3,(H2,23,24,25,28). The number of carbonyl (C=O) groups is 1. The van der Waals surface area contributed by atoms with Crippen LogP contribution in [-0.2, 0) is 6.42 Å². The molecule has 1 aromatic heterocycles. The van der Waals surface area contributed by atoms with Gasteiger partial charge in [0.1, 0.15) is 5.82 Å². The van der Waals surface area contributed by atoms with Gasteiger partial charge in [-0.25, -0.2) is 9.78 Å². The van der Waals surface area contributed by atoms with E-state index >= 15 is 0 Å². The SMILES string of the molecule is CN(C)c1cc(NC(=O)NCCN2CCC(O)(Cc3ccccc3)CC2)ccn1. The van der Waals surface area contributed by atoms with Crippen LogP contribution in [-0.4, -0.2) is 66.9 Å². The van der Waals surface area contributed by atoms with Gasteiger partial charge in [-0.05, 0) is 24.5 Å². The molecule has 7 nitrogen and oxygen atoms in total. The highest BCUT2D eigenvalue weighted by molar-refractivity contribution is 5.89. The molecule has 0 aliphatic carbocycles. The molecule has 1 aromatic carbocycles. The molecule has 29 heavy (non-hydrogen) atoms. The van der Waals surface area contributed by atoms with E-state index in [0.717, 1.165) is 38.3 Å². The number of anilines is 2. The summed E-state index contributed by atoms with van der Waals surface area (Å²) in [5, 5.41) is 16.6. The summed E-state index contributed by atoms with van der Waals surface area (Å²) in [5.74, 6) is 0.791. The van der Waals surface area contributed by atoms with Crippen molar-refractivity contribution in [2.45, 2.75) is 24.9 Å². The van der Waals surface area contributed by atoms with Crippen molar-refractivity contribution in [1.82, 2.24) is 15.2 Å². The predicted molar refractivity (Wildman–Crippen MR) is 116 cm³/mol. The number of aliphatic hydroxyl groups is 1. The molecule has 3 N–H and O–H groups in total. The van der Waals surface area contributed by atoms with E-state index in [1.165, 1.54) is 5.56 Å². The summed E-state index contributed by atoms with van der Waals surface area (Å²) < 4.78 is 0. The van der Waals surface area contributed by atoms with Crippen LogP contribution in [0.2, 0.25) is 0 Å². The Labute approximate surface area is 172 Å². The van der Waals surface area contributed by atoms with Crippen LogP contribution >= 0.6 is 0 Å². The van der Waals surface area contributed by atoms with E-state index in [4.69, 9.17) is 0 Å². The highest BCUT2D eigenvalue weighted by Crippen LogP contribution is 2.26. The number of urea groups is 1. The molecular formula is C22H31N5O2. The molecule has 1 aliphatic heterocycles. The monoisotopic (exact) mass is 397 g/mol. The highest BCUT2D eigenvalue weighted by Gasteiger charge is 2.32. The van der Waals surface area contributed by atoms with Gasteiger partial charge in [0, 0.05) is 64.6 Å². The van der Waals surface area contributed by atoms with Gasteiger partial charge in [0.2, 0.25) is 0 Å². The number of rotatable bonds is 7. The Balaban J connectivity index is 1.37. The molecule has 0 saturated carbocycles. The van der Waals surface area contributed by atoms with E-state index in [2.05, 4.69) is 32.7 Å². The number of likely N-dealkylation sites (tertiary alicyclic amines) is 1. The average Bonchev–Trinajstić information content (AvgIpc) is 2.70. The molecule has 0 radical (unpaired) electrons. The molecule has 7 heteroatoms. The van der Waals surface area contributed by atoms with Gasteiger partial charge in [-0.1, -0.05) is 30.3 Å². The van der Waals surface area contributed by atoms with Gasteiger partial charge in [-0.15, -0.1) is 0 Å². The lowest BCUT2D eigenvalue weighted by molar-refractivity contribution is -0.0201. The fourth-order valence-electron chi connectivity index (χ4n) is 3.59. The average molecular weight is 398 g/mol. The Morgan fingerprint density at radius 2 is 1.93 bits per heavy atom. The molecule has 156 valence electrons. The molecule has 0 spiro atoms. The van der Waals surface area contributed by atoms with Crippen LogP contribution in [0.15, 0.2) is 48.7 Å². The molecule has 0 unspecified atom stereocenters. The Kier molecular flexibility index (Phi) is 7.06. The van der Waals surface area contributed by atoms with E-state index in [9.17, 15) is 9.90 Å². The normalized spacial score (nSPS) is 16.2. The molecule has 2 aromatic rings. The number of hydrogen-bond acceptors (Lipinski definition) is 5. The number of hydrogen-bond donors (Lipinski definition) is 3. The number of nitrogens with one attached hydrogen (secondary N) is 2. The summed E-state index contributed by atoms with van der Waals surface area (Å²) in [4.78, 5) is 20.5. The first-order valence-corrected chi connectivity index (χ1v) is 10.1. The molecule has 2 amide bonds. The van der Waals surface area contributed by atoms with Crippen molar-refractivity contribution in [2.24, 2.45) is 0 Å². The second-order valence-corrected chi connectivity index (χ2v) is 7.91. The fraction of sp³-hybridized carbons (Fsp3) is 0.455. The Hall–Kier alpha value is -2.64. The number of piperidine rings is 1. The fourth-order valence-corrected chi connectivity index (χ4v) is 3.59. The molecular weight excluding hydrogens is 366 g/mol. The van der Waals surface area contributed by atoms with Crippen LogP contribution in [0.5, 0.6) is 0 Å². The van der Waals surface area contributed by atoms with E-state index < -0.39 is 5.60 Å². The van der Waals surface area contributed by atoms with Gasteiger partial charge in [0.05, 0.1) is 5.60 Å². The van der Waals surface area contributed by atoms with Crippen LogP contribution in [0, 0.1) is 0 Å². The zero-order chi connectivity index (χ0) is 20.7. The quantitative estimate of drug-likeness (QED) is 0.668. The van der Waals surface area contributed by atoms with Gasteiger partial charge >= 0.3 is 6.03 Å². The molecule has 0 bridgehead atoms. The van der Waals surface area contributed by atoms with Crippen molar-refractivity contribution in [2.75, 3.05) is 50.5 Å². The maximum absolute atomic E-state index is 12.1. The predicted octanol–water partition coefficient (Wildman–Crippen LogP) is 2.34. The minimum atomic E-state index is -0.631. The second kappa shape index (κ2) is 9.71. The molecule has 3 rings (SSSR count). The molecule has 0 atom stereocenters. The Morgan fingerprint density at radius 1 is 1.21 bits per heavy atom. The molecule has 2 heterocycles. The lowest BCUT2D eigenvalue weighted by atomic mass is 9.85. The van der Waals surface area contributed by atoms with Crippen molar-refractivity contribution in [1.29, 1.82) is 0 Å². The molecule has 1 saturated heterocycles. The van der Waals surface area contributed by atoms with E-state index in [1.54, 1.807) is 12.3 Å². The van der Waals surface area contributed by atoms with Crippen molar-refractivity contribution in [3.05, 3.63) is 54.2 Å². The minimum Gasteiger partial charge on any atom is -0.389 e. The third kappa shape index (κ3) is 6.44. The number of amides is 2.